The van der Waals surface area contributed by atoms with Gasteiger partial charge in [-0.15, -0.1) is 0 Å². The van der Waals surface area contributed by atoms with Crippen LogP contribution in [0.1, 0.15) is 52.4 Å². The molecule has 0 bridgehead atoms. The van der Waals surface area contributed by atoms with Crippen molar-refractivity contribution >= 4 is 5.91 Å². The molecule has 1 amide bonds. The third kappa shape index (κ3) is 2.73. The molecule has 3 fully saturated rings. The number of rotatable bonds is 3. The van der Waals surface area contributed by atoms with Crippen molar-refractivity contribution in [3.8, 4) is 0 Å². The molecule has 0 aromatic carbocycles. The van der Waals surface area contributed by atoms with E-state index in [4.69, 9.17) is 4.74 Å². The molecule has 0 unspecified atom stereocenters. The number of carbonyl (C=O) groups excluding carboxylic acids is 1. The van der Waals surface area contributed by atoms with Crippen LogP contribution < -0.4 is 5.32 Å². The van der Waals surface area contributed by atoms with Crippen LogP contribution in [0, 0.1) is 5.92 Å². The van der Waals surface area contributed by atoms with Crippen LogP contribution in [0.15, 0.2) is 0 Å². The number of likely N-dealkylation sites (tertiary alicyclic amines) is 1. The summed E-state index contributed by atoms with van der Waals surface area (Å²) in [4.78, 5) is 14.6. The van der Waals surface area contributed by atoms with E-state index < -0.39 is 0 Å². The summed E-state index contributed by atoms with van der Waals surface area (Å²) in [5, 5.41) is 3.69. The first-order chi connectivity index (χ1) is 9.66. The van der Waals surface area contributed by atoms with E-state index in [9.17, 15) is 4.79 Å². The standard InChI is InChI=1S/C16H28N2O2/c1-11(2)18-9-4-6-14(16(18)19)17-13-5-3-7-15-12(13)8-10-20-15/h11-15,17H,3-10H2,1-2H3/t12-,13-,14+,15-/m1/s1. The van der Waals surface area contributed by atoms with E-state index >= 15 is 0 Å². The lowest BCUT2D eigenvalue weighted by atomic mass is 9.81. The Hall–Kier alpha value is -0.610. The molecule has 0 aromatic heterocycles. The molecule has 1 N–H and O–H groups in total. The normalized spacial score (nSPS) is 38.4. The Balaban J connectivity index is 1.63. The van der Waals surface area contributed by atoms with Crippen LogP contribution in [-0.2, 0) is 9.53 Å². The second-order valence-corrected chi connectivity index (χ2v) is 6.89. The van der Waals surface area contributed by atoms with Gasteiger partial charge >= 0.3 is 0 Å². The molecular weight excluding hydrogens is 252 g/mol. The lowest BCUT2D eigenvalue weighted by Crippen LogP contribution is -2.57. The smallest absolute Gasteiger partial charge is 0.239 e. The minimum absolute atomic E-state index is 0.0375. The predicted octanol–water partition coefficient (Wildman–Crippen LogP) is 1.93. The van der Waals surface area contributed by atoms with Crippen molar-refractivity contribution in [2.45, 2.75) is 76.6 Å². The van der Waals surface area contributed by atoms with Crippen molar-refractivity contribution in [2.75, 3.05) is 13.2 Å². The monoisotopic (exact) mass is 280 g/mol. The highest BCUT2D eigenvalue weighted by Crippen LogP contribution is 2.35. The van der Waals surface area contributed by atoms with Gasteiger partial charge in [-0.25, -0.2) is 0 Å². The van der Waals surface area contributed by atoms with Crippen LogP contribution in [-0.4, -0.2) is 48.2 Å². The van der Waals surface area contributed by atoms with E-state index in [1.807, 2.05) is 4.90 Å². The zero-order chi connectivity index (χ0) is 14.1. The minimum Gasteiger partial charge on any atom is -0.378 e. The van der Waals surface area contributed by atoms with Crippen LogP contribution in [0.2, 0.25) is 0 Å². The van der Waals surface area contributed by atoms with Crippen LogP contribution in [0.3, 0.4) is 0 Å². The average molecular weight is 280 g/mol. The summed E-state index contributed by atoms with van der Waals surface area (Å²) >= 11 is 0. The summed E-state index contributed by atoms with van der Waals surface area (Å²) < 4.78 is 5.83. The molecule has 4 nitrogen and oxygen atoms in total. The molecule has 0 spiro atoms. The van der Waals surface area contributed by atoms with Gasteiger partial charge < -0.3 is 15.0 Å². The molecule has 1 aliphatic carbocycles. The van der Waals surface area contributed by atoms with Crippen LogP contribution in [0.5, 0.6) is 0 Å². The summed E-state index contributed by atoms with van der Waals surface area (Å²) in [7, 11) is 0. The van der Waals surface area contributed by atoms with Crippen molar-refractivity contribution < 1.29 is 9.53 Å². The van der Waals surface area contributed by atoms with Gasteiger partial charge in [-0.3, -0.25) is 4.79 Å². The molecule has 1 saturated carbocycles. The minimum atomic E-state index is 0.0375. The molecule has 20 heavy (non-hydrogen) atoms. The topological polar surface area (TPSA) is 41.6 Å². The third-order valence-electron chi connectivity index (χ3n) is 5.29. The molecule has 0 radical (unpaired) electrons. The number of fused-ring (bicyclic) bond motifs is 1. The molecular formula is C16H28N2O2. The molecule has 3 rings (SSSR count). The Kier molecular flexibility index (Phi) is 4.32. The summed E-state index contributed by atoms with van der Waals surface area (Å²) in [6, 6.07) is 0.842. The van der Waals surface area contributed by atoms with Gasteiger partial charge in [0.15, 0.2) is 0 Å². The van der Waals surface area contributed by atoms with Crippen molar-refractivity contribution in [1.29, 1.82) is 0 Å². The van der Waals surface area contributed by atoms with Crippen molar-refractivity contribution in [1.82, 2.24) is 10.2 Å². The van der Waals surface area contributed by atoms with Crippen molar-refractivity contribution in [3.63, 3.8) is 0 Å². The van der Waals surface area contributed by atoms with E-state index in [1.54, 1.807) is 0 Å². The van der Waals surface area contributed by atoms with E-state index in [1.165, 1.54) is 19.3 Å². The summed E-state index contributed by atoms with van der Waals surface area (Å²) in [5.41, 5.74) is 0. The van der Waals surface area contributed by atoms with Crippen LogP contribution in [0.4, 0.5) is 0 Å². The first kappa shape index (κ1) is 14.3. The quantitative estimate of drug-likeness (QED) is 0.859. The van der Waals surface area contributed by atoms with E-state index in [0.717, 1.165) is 32.4 Å². The highest BCUT2D eigenvalue weighted by atomic mass is 16.5. The number of hydrogen-bond acceptors (Lipinski definition) is 3. The summed E-state index contributed by atoms with van der Waals surface area (Å²) in [6.45, 7) is 6.06. The van der Waals surface area contributed by atoms with Crippen LogP contribution >= 0.6 is 0 Å². The Bertz CT molecular complexity index is 358. The molecule has 2 saturated heterocycles. The largest absolute Gasteiger partial charge is 0.378 e. The Morgan fingerprint density at radius 1 is 1.20 bits per heavy atom. The number of amides is 1. The fourth-order valence-electron chi connectivity index (χ4n) is 4.21. The van der Waals surface area contributed by atoms with Crippen LogP contribution in [0.25, 0.3) is 0 Å². The maximum absolute atomic E-state index is 12.6. The van der Waals surface area contributed by atoms with E-state index in [2.05, 4.69) is 19.2 Å². The van der Waals surface area contributed by atoms with Crippen molar-refractivity contribution in [2.24, 2.45) is 5.92 Å². The molecule has 4 heteroatoms. The maximum atomic E-state index is 12.6. The maximum Gasteiger partial charge on any atom is 0.239 e. The second-order valence-electron chi connectivity index (χ2n) is 6.89. The van der Waals surface area contributed by atoms with Crippen molar-refractivity contribution in [3.05, 3.63) is 0 Å². The molecule has 2 heterocycles. The van der Waals surface area contributed by atoms with Gasteiger partial charge in [-0.2, -0.15) is 0 Å². The number of hydrogen-bond donors (Lipinski definition) is 1. The SMILES string of the molecule is CC(C)N1CCC[C@H](N[C@@H]2CCC[C@H]3OCC[C@H]23)C1=O. The molecule has 4 atom stereocenters. The average Bonchev–Trinajstić information content (AvgIpc) is 2.90. The summed E-state index contributed by atoms with van der Waals surface area (Å²) in [5.74, 6) is 0.943. The van der Waals surface area contributed by atoms with Gasteiger partial charge in [0.1, 0.15) is 0 Å². The molecule has 3 aliphatic rings. The van der Waals surface area contributed by atoms with E-state index in [-0.39, 0.29) is 6.04 Å². The molecule has 2 aliphatic heterocycles. The number of ether oxygens (including phenoxy) is 1. The van der Waals surface area contributed by atoms with Gasteiger partial charge in [0.2, 0.25) is 5.91 Å². The zero-order valence-corrected chi connectivity index (χ0v) is 12.8. The zero-order valence-electron chi connectivity index (χ0n) is 12.8. The number of carbonyl (C=O) groups is 1. The molecule has 114 valence electrons. The summed E-state index contributed by atoms with van der Waals surface area (Å²) in [6.07, 6.45) is 7.37. The first-order valence-electron chi connectivity index (χ1n) is 8.35. The fourth-order valence-corrected chi connectivity index (χ4v) is 4.21. The highest BCUT2D eigenvalue weighted by Gasteiger charge is 2.40. The Morgan fingerprint density at radius 2 is 2.05 bits per heavy atom. The predicted molar refractivity (Wildman–Crippen MR) is 78.5 cm³/mol. The number of nitrogens with one attached hydrogen (secondary N) is 1. The Morgan fingerprint density at radius 3 is 2.85 bits per heavy atom. The molecule has 0 aromatic rings. The lowest BCUT2D eigenvalue weighted by Gasteiger charge is -2.40. The number of piperidine rings is 1. The second kappa shape index (κ2) is 6.02. The van der Waals surface area contributed by atoms with Gasteiger partial charge in [0, 0.05) is 31.2 Å². The fraction of sp³-hybridized carbons (Fsp3) is 0.938. The lowest BCUT2D eigenvalue weighted by molar-refractivity contribution is -0.138. The van der Waals surface area contributed by atoms with Gasteiger partial charge in [-0.05, 0) is 52.4 Å². The van der Waals surface area contributed by atoms with Gasteiger partial charge in [0.05, 0.1) is 12.1 Å². The Labute approximate surface area is 122 Å². The third-order valence-corrected chi connectivity index (χ3v) is 5.29. The van der Waals surface area contributed by atoms with E-state index in [0.29, 0.717) is 30.0 Å². The first-order valence-corrected chi connectivity index (χ1v) is 8.35. The highest BCUT2D eigenvalue weighted by molar-refractivity contribution is 5.82. The number of nitrogens with zero attached hydrogens (tertiary/aromatic N) is 1. The van der Waals surface area contributed by atoms with Gasteiger partial charge in [-0.1, -0.05) is 0 Å². The van der Waals surface area contributed by atoms with Gasteiger partial charge in [0.25, 0.3) is 0 Å².